The molecule has 1 fully saturated rings. The van der Waals surface area contributed by atoms with E-state index in [4.69, 9.17) is 0 Å². The average Bonchev–Trinajstić information content (AvgIpc) is 2.93. The Morgan fingerprint density at radius 2 is 2.20 bits per heavy atom. The van der Waals surface area contributed by atoms with E-state index in [2.05, 4.69) is 31.1 Å². The first-order chi connectivity index (χ1) is 7.16. The molecule has 0 radical (unpaired) electrons. The minimum absolute atomic E-state index is 0.723. The van der Waals surface area contributed by atoms with Gasteiger partial charge in [-0.05, 0) is 32.2 Å². The standard InChI is InChI=1S/C12H20N2S/c1-8(2)6-13-7-11-9(3)14-12(15-11)10-4-5-10/h8,10,13H,4-7H2,1-3H3. The highest BCUT2D eigenvalue weighted by molar-refractivity contribution is 7.11. The van der Waals surface area contributed by atoms with Crippen LogP contribution in [0.25, 0.3) is 0 Å². The lowest BCUT2D eigenvalue weighted by atomic mass is 10.2. The molecule has 1 aromatic rings. The van der Waals surface area contributed by atoms with Gasteiger partial charge in [0.15, 0.2) is 0 Å². The van der Waals surface area contributed by atoms with E-state index in [9.17, 15) is 0 Å². The number of nitrogens with one attached hydrogen (secondary N) is 1. The molecule has 0 saturated heterocycles. The monoisotopic (exact) mass is 224 g/mol. The molecule has 1 aliphatic rings. The molecule has 84 valence electrons. The van der Waals surface area contributed by atoms with E-state index in [0.717, 1.165) is 24.9 Å². The Labute approximate surface area is 96.1 Å². The minimum Gasteiger partial charge on any atom is -0.312 e. The molecule has 0 aromatic carbocycles. The molecule has 1 aliphatic carbocycles. The Hall–Kier alpha value is -0.410. The quantitative estimate of drug-likeness (QED) is 0.831. The second kappa shape index (κ2) is 4.62. The highest BCUT2D eigenvalue weighted by atomic mass is 32.1. The molecule has 0 unspecified atom stereocenters. The van der Waals surface area contributed by atoms with Gasteiger partial charge in [-0.15, -0.1) is 11.3 Å². The second-order valence-corrected chi connectivity index (χ2v) is 5.97. The summed E-state index contributed by atoms with van der Waals surface area (Å²) in [6.45, 7) is 8.70. The van der Waals surface area contributed by atoms with Gasteiger partial charge in [-0.2, -0.15) is 0 Å². The van der Waals surface area contributed by atoms with E-state index >= 15 is 0 Å². The molecule has 2 rings (SSSR count). The maximum absolute atomic E-state index is 4.65. The van der Waals surface area contributed by atoms with E-state index < -0.39 is 0 Å². The van der Waals surface area contributed by atoms with Crippen LogP contribution in [0.3, 0.4) is 0 Å². The highest BCUT2D eigenvalue weighted by Gasteiger charge is 2.27. The first kappa shape index (κ1) is 11.1. The van der Waals surface area contributed by atoms with Crippen LogP contribution in [0.2, 0.25) is 0 Å². The number of rotatable bonds is 5. The van der Waals surface area contributed by atoms with Crippen molar-refractivity contribution in [1.82, 2.24) is 10.3 Å². The zero-order valence-corrected chi connectivity index (χ0v) is 10.7. The van der Waals surface area contributed by atoms with Gasteiger partial charge in [0.25, 0.3) is 0 Å². The fourth-order valence-corrected chi connectivity index (χ4v) is 2.80. The molecular formula is C12H20N2S. The zero-order valence-electron chi connectivity index (χ0n) is 9.84. The van der Waals surface area contributed by atoms with Crippen LogP contribution >= 0.6 is 11.3 Å². The third kappa shape index (κ3) is 3.02. The molecule has 1 saturated carbocycles. The minimum atomic E-state index is 0.723. The molecule has 1 heterocycles. The van der Waals surface area contributed by atoms with Crippen molar-refractivity contribution in [1.29, 1.82) is 0 Å². The van der Waals surface area contributed by atoms with Crippen molar-refractivity contribution in [3.8, 4) is 0 Å². The first-order valence-electron chi connectivity index (χ1n) is 5.83. The summed E-state index contributed by atoms with van der Waals surface area (Å²) in [6, 6.07) is 0. The van der Waals surface area contributed by atoms with Crippen molar-refractivity contribution < 1.29 is 0 Å². The van der Waals surface area contributed by atoms with Crippen molar-refractivity contribution in [2.24, 2.45) is 5.92 Å². The summed E-state index contributed by atoms with van der Waals surface area (Å²) in [6.07, 6.45) is 2.71. The number of aryl methyl sites for hydroxylation is 1. The Balaban J connectivity index is 1.89. The predicted octanol–water partition coefficient (Wildman–Crippen LogP) is 3.07. The molecule has 1 N–H and O–H groups in total. The van der Waals surface area contributed by atoms with Crippen LogP contribution in [-0.4, -0.2) is 11.5 Å². The smallest absolute Gasteiger partial charge is 0.0962 e. The van der Waals surface area contributed by atoms with Gasteiger partial charge >= 0.3 is 0 Å². The number of hydrogen-bond donors (Lipinski definition) is 1. The summed E-state index contributed by atoms with van der Waals surface area (Å²) in [5.41, 5.74) is 1.23. The van der Waals surface area contributed by atoms with Crippen LogP contribution in [-0.2, 0) is 6.54 Å². The second-order valence-electron chi connectivity index (χ2n) is 4.86. The van der Waals surface area contributed by atoms with Gasteiger partial charge in [0, 0.05) is 17.3 Å². The van der Waals surface area contributed by atoms with Crippen molar-refractivity contribution in [2.75, 3.05) is 6.54 Å². The van der Waals surface area contributed by atoms with Gasteiger partial charge in [0.2, 0.25) is 0 Å². The fraction of sp³-hybridized carbons (Fsp3) is 0.750. The van der Waals surface area contributed by atoms with Crippen molar-refractivity contribution in [3.63, 3.8) is 0 Å². The van der Waals surface area contributed by atoms with Crippen LogP contribution in [0.4, 0.5) is 0 Å². The van der Waals surface area contributed by atoms with Gasteiger partial charge in [-0.1, -0.05) is 13.8 Å². The molecule has 2 nitrogen and oxygen atoms in total. The van der Waals surface area contributed by atoms with Gasteiger partial charge in [-0.25, -0.2) is 4.98 Å². The van der Waals surface area contributed by atoms with Crippen LogP contribution < -0.4 is 5.32 Å². The molecule has 0 atom stereocenters. The third-order valence-electron chi connectivity index (χ3n) is 2.67. The van der Waals surface area contributed by atoms with Crippen molar-refractivity contribution in [3.05, 3.63) is 15.6 Å². The molecule has 15 heavy (non-hydrogen) atoms. The van der Waals surface area contributed by atoms with Crippen molar-refractivity contribution >= 4 is 11.3 Å². The lowest BCUT2D eigenvalue weighted by Crippen LogP contribution is -2.18. The largest absolute Gasteiger partial charge is 0.312 e. The maximum Gasteiger partial charge on any atom is 0.0962 e. The summed E-state index contributed by atoms with van der Waals surface area (Å²) >= 11 is 1.91. The zero-order chi connectivity index (χ0) is 10.8. The van der Waals surface area contributed by atoms with Crippen molar-refractivity contribution in [2.45, 2.75) is 46.1 Å². The van der Waals surface area contributed by atoms with Crippen LogP contribution in [0.5, 0.6) is 0 Å². The summed E-state index contributed by atoms with van der Waals surface area (Å²) in [5, 5.41) is 4.85. The summed E-state index contributed by atoms with van der Waals surface area (Å²) in [7, 11) is 0. The van der Waals surface area contributed by atoms with Crippen LogP contribution in [0.15, 0.2) is 0 Å². The number of aromatic nitrogens is 1. The van der Waals surface area contributed by atoms with Gasteiger partial charge in [0.1, 0.15) is 0 Å². The molecule has 3 heteroatoms. The summed E-state index contributed by atoms with van der Waals surface area (Å²) < 4.78 is 0. The highest BCUT2D eigenvalue weighted by Crippen LogP contribution is 2.42. The Morgan fingerprint density at radius 3 is 2.80 bits per heavy atom. The Kier molecular flexibility index (Phi) is 3.42. The van der Waals surface area contributed by atoms with Gasteiger partial charge < -0.3 is 5.32 Å². The van der Waals surface area contributed by atoms with Crippen LogP contribution in [0, 0.1) is 12.8 Å². The van der Waals surface area contributed by atoms with E-state index in [1.165, 1.54) is 28.4 Å². The summed E-state index contributed by atoms with van der Waals surface area (Å²) in [4.78, 5) is 6.08. The van der Waals surface area contributed by atoms with Gasteiger partial charge in [-0.3, -0.25) is 0 Å². The molecule has 0 spiro atoms. The summed E-state index contributed by atoms with van der Waals surface area (Å²) in [5.74, 6) is 1.52. The lowest BCUT2D eigenvalue weighted by molar-refractivity contribution is 0.554. The number of thiazole rings is 1. The third-order valence-corrected chi connectivity index (χ3v) is 3.99. The van der Waals surface area contributed by atoms with Crippen LogP contribution in [0.1, 0.15) is 48.2 Å². The SMILES string of the molecule is Cc1nc(C2CC2)sc1CNCC(C)C. The van der Waals surface area contributed by atoms with E-state index in [0.29, 0.717) is 0 Å². The maximum atomic E-state index is 4.65. The Bertz CT molecular complexity index is 326. The first-order valence-corrected chi connectivity index (χ1v) is 6.65. The number of hydrogen-bond acceptors (Lipinski definition) is 3. The molecule has 0 aliphatic heterocycles. The predicted molar refractivity (Wildman–Crippen MR) is 65.4 cm³/mol. The normalized spacial score (nSPS) is 16.3. The molecular weight excluding hydrogens is 204 g/mol. The molecule has 1 aromatic heterocycles. The lowest BCUT2D eigenvalue weighted by Gasteiger charge is -2.05. The fourth-order valence-electron chi connectivity index (χ4n) is 1.59. The topological polar surface area (TPSA) is 24.9 Å². The molecule has 0 bridgehead atoms. The van der Waals surface area contributed by atoms with Gasteiger partial charge in [0.05, 0.1) is 10.7 Å². The van der Waals surface area contributed by atoms with E-state index in [1.807, 2.05) is 11.3 Å². The molecule has 0 amide bonds. The number of nitrogens with zero attached hydrogens (tertiary/aromatic N) is 1. The van der Waals surface area contributed by atoms with E-state index in [1.54, 1.807) is 0 Å². The average molecular weight is 224 g/mol. The Morgan fingerprint density at radius 1 is 1.47 bits per heavy atom. The van der Waals surface area contributed by atoms with E-state index in [-0.39, 0.29) is 0 Å².